The minimum atomic E-state index is 0.416. The highest BCUT2D eigenvalue weighted by molar-refractivity contribution is 7.80. The lowest BCUT2D eigenvalue weighted by Gasteiger charge is -2.16. The topological polar surface area (TPSA) is 38.5 Å². The highest BCUT2D eigenvalue weighted by Gasteiger charge is 2.11. The van der Waals surface area contributed by atoms with Gasteiger partial charge in [-0.15, -0.1) is 0 Å². The molecule has 0 amide bonds. The van der Waals surface area contributed by atoms with Crippen LogP contribution in [-0.2, 0) is 0 Å². The second-order valence-corrected chi connectivity index (χ2v) is 5.18. The molecule has 0 radical (unpaired) electrons. The Morgan fingerprint density at radius 1 is 1.39 bits per heavy atom. The zero-order valence-electron chi connectivity index (χ0n) is 10.8. The van der Waals surface area contributed by atoms with Crippen molar-refractivity contribution in [2.75, 3.05) is 26.2 Å². The van der Waals surface area contributed by atoms with Crippen LogP contribution >= 0.6 is 12.2 Å². The lowest BCUT2D eigenvalue weighted by atomic mass is 10.1. The molecule has 1 aliphatic heterocycles. The molecule has 0 bridgehead atoms. The number of likely N-dealkylation sites (tertiary alicyclic amines) is 1. The van der Waals surface area contributed by atoms with E-state index < -0.39 is 0 Å². The predicted molar refractivity (Wildman–Crippen MR) is 78.2 cm³/mol. The van der Waals surface area contributed by atoms with Gasteiger partial charge in [-0.2, -0.15) is 0 Å². The van der Waals surface area contributed by atoms with E-state index in [1.165, 1.54) is 25.9 Å². The van der Waals surface area contributed by atoms with Gasteiger partial charge in [0.25, 0.3) is 0 Å². The van der Waals surface area contributed by atoms with Crippen LogP contribution in [0.15, 0.2) is 18.2 Å². The van der Waals surface area contributed by atoms with Crippen molar-refractivity contribution in [3.05, 3.63) is 29.3 Å². The fourth-order valence-electron chi connectivity index (χ4n) is 2.20. The zero-order chi connectivity index (χ0) is 13.0. The number of aryl methyl sites for hydroxylation is 1. The summed E-state index contributed by atoms with van der Waals surface area (Å²) in [6.07, 6.45) is 2.63. The summed E-state index contributed by atoms with van der Waals surface area (Å²) in [6.45, 7) is 6.16. The van der Waals surface area contributed by atoms with Gasteiger partial charge in [0.05, 0.1) is 0 Å². The van der Waals surface area contributed by atoms with E-state index in [-0.39, 0.29) is 0 Å². The van der Waals surface area contributed by atoms with E-state index in [1.807, 2.05) is 25.1 Å². The van der Waals surface area contributed by atoms with E-state index in [2.05, 4.69) is 4.90 Å². The first-order valence-corrected chi connectivity index (χ1v) is 6.83. The molecule has 1 fully saturated rings. The van der Waals surface area contributed by atoms with Crippen LogP contribution in [0.1, 0.15) is 24.0 Å². The summed E-state index contributed by atoms with van der Waals surface area (Å²) in [6, 6.07) is 5.87. The molecule has 0 aliphatic carbocycles. The standard InChI is InChI=1S/C14H20N2OS/c1-11-4-5-12(14(15)18)10-13(11)17-9-8-16-6-2-3-7-16/h4-5,10H,2-3,6-9H2,1H3,(H2,15,18). The van der Waals surface area contributed by atoms with Crippen molar-refractivity contribution >= 4 is 17.2 Å². The molecule has 1 heterocycles. The highest BCUT2D eigenvalue weighted by atomic mass is 32.1. The van der Waals surface area contributed by atoms with Gasteiger partial charge in [0.2, 0.25) is 0 Å². The second-order valence-electron chi connectivity index (χ2n) is 4.74. The second kappa shape index (κ2) is 6.16. The number of hydrogen-bond donors (Lipinski definition) is 1. The van der Waals surface area contributed by atoms with Crippen molar-refractivity contribution in [3.63, 3.8) is 0 Å². The Balaban J connectivity index is 1.91. The van der Waals surface area contributed by atoms with Crippen molar-refractivity contribution in [3.8, 4) is 5.75 Å². The summed E-state index contributed by atoms with van der Waals surface area (Å²) in [7, 11) is 0. The zero-order valence-corrected chi connectivity index (χ0v) is 11.6. The van der Waals surface area contributed by atoms with Crippen LogP contribution in [-0.4, -0.2) is 36.1 Å². The average Bonchev–Trinajstić information content (AvgIpc) is 2.84. The van der Waals surface area contributed by atoms with Crippen molar-refractivity contribution in [1.29, 1.82) is 0 Å². The number of rotatable bonds is 5. The van der Waals surface area contributed by atoms with E-state index in [0.29, 0.717) is 4.99 Å². The summed E-state index contributed by atoms with van der Waals surface area (Å²) in [5.74, 6) is 0.888. The van der Waals surface area contributed by atoms with Gasteiger partial charge < -0.3 is 10.5 Å². The maximum atomic E-state index is 5.83. The van der Waals surface area contributed by atoms with Crippen molar-refractivity contribution in [2.45, 2.75) is 19.8 Å². The first kappa shape index (κ1) is 13.3. The fourth-order valence-corrected chi connectivity index (χ4v) is 2.33. The van der Waals surface area contributed by atoms with Gasteiger partial charge in [-0.25, -0.2) is 0 Å². The van der Waals surface area contributed by atoms with E-state index in [9.17, 15) is 0 Å². The van der Waals surface area contributed by atoms with Crippen LogP contribution in [0.3, 0.4) is 0 Å². The molecule has 2 rings (SSSR count). The lowest BCUT2D eigenvalue weighted by Crippen LogP contribution is -2.25. The van der Waals surface area contributed by atoms with Gasteiger partial charge in [0, 0.05) is 12.1 Å². The Kier molecular flexibility index (Phi) is 4.55. The smallest absolute Gasteiger partial charge is 0.122 e. The lowest BCUT2D eigenvalue weighted by molar-refractivity contribution is 0.237. The van der Waals surface area contributed by atoms with Gasteiger partial charge in [0.15, 0.2) is 0 Å². The molecule has 3 nitrogen and oxygen atoms in total. The van der Waals surface area contributed by atoms with Gasteiger partial charge in [-0.3, -0.25) is 4.90 Å². The maximum Gasteiger partial charge on any atom is 0.122 e. The highest BCUT2D eigenvalue weighted by Crippen LogP contribution is 2.19. The van der Waals surface area contributed by atoms with Crippen LogP contribution in [0.5, 0.6) is 5.75 Å². The first-order chi connectivity index (χ1) is 8.66. The van der Waals surface area contributed by atoms with Crippen molar-refractivity contribution in [1.82, 2.24) is 4.90 Å². The predicted octanol–water partition coefficient (Wildman–Crippen LogP) is 2.10. The summed E-state index contributed by atoms with van der Waals surface area (Å²) >= 11 is 4.98. The molecule has 0 atom stereocenters. The van der Waals surface area contributed by atoms with E-state index in [1.54, 1.807) is 0 Å². The Bertz CT molecular complexity index is 428. The monoisotopic (exact) mass is 264 g/mol. The van der Waals surface area contributed by atoms with Crippen molar-refractivity contribution in [2.24, 2.45) is 5.73 Å². The van der Waals surface area contributed by atoms with E-state index >= 15 is 0 Å². The maximum absolute atomic E-state index is 5.83. The molecule has 1 saturated heterocycles. The summed E-state index contributed by atoms with van der Waals surface area (Å²) < 4.78 is 5.83. The van der Waals surface area contributed by atoms with Crippen LogP contribution < -0.4 is 10.5 Å². The van der Waals surface area contributed by atoms with E-state index in [0.717, 1.165) is 30.0 Å². The van der Waals surface area contributed by atoms with Gasteiger partial charge >= 0.3 is 0 Å². The largest absolute Gasteiger partial charge is 0.492 e. The van der Waals surface area contributed by atoms with Crippen LogP contribution in [0, 0.1) is 6.92 Å². The molecule has 0 spiro atoms. The van der Waals surface area contributed by atoms with E-state index in [4.69, 9.17) is 22.7 Å². The molecule has 2 N–H and O–H groups in total. The Hall–Kier alpha value is -1.13. The molecule has 1 aliphatic rings. The molecule has 0 aromatic heterocycles. The third kappa shape index (κ3) is 3.43. The average molecular weight is 264 g/mol. The summed E-state index contributed by atoms with van der Waals surface area (Å²) in [5.41, 5.74) is 7.62. The molecule has 98 valence electrons. The Morgan fingerprint density at radius 3 is 2.78 bits per heavy atom. The molecule has 18 heavy (non-hydrogen) atoms. The molecule has 1 aromatic rings. The molecule has 4 heteroatoms. The number of nitrogens with two attached hydrogens (primary N) is 1. The van der Waals surface area contributed by atoms with Crippen LogP contribution in [0.2, 0.25) is 0 Å². The Labute approximate surface area is 114 Å². The molecule has 0 saturated carbocycles. The normalized spacial score (nSPS) is 15.8. The third-order valence-electron chi connectivity index (χ3n) is 3.34. The number of ether oxygens (including phenoxy) is 1. The number of benzene rings is 1. The van der Waals surface area contributed by atoms with Gasteiger partial charge in [-0.1, -0.05) is 24.4 Å². The summed E-state index contributed by atoms with van der Waals surface area (Å²) in [5, 5.41) is 0. The fraction of sp³-hybridized carbons (Fsp3) is 0.500. The van der Waals surface area contributed by atoms with Crippen LogP contribution in [0.25, 0.3) is 0 Å². The minimum absolute atomic E-state index is 0.416. The van der Waals surface area contributed by atoms with Gasteiger partial charge in [0.1, 0.15) is 17.3 Å². The molecule has 0 unspecified atom stereocenters. The molecule has 1 aromatic carbocycles. The minimum Gasteiger partial charge on any atom is -0.492 e. The molecular formula is C14H20N2OS. The SMILES string of the molecule is Cc1ccc(C(N)=S)cc1OCCN1CCCC1. The third-order valence-corrected chi connectivity index (χ3v) is 3.57. The molecular weight excluding hydrogens is 244 g/mol. The quantitative estimate of drug-likeness (QED) is 0.827. The summed E-state index contributed by atoms with van der Waals surface area (Å²) in [4.78, 5) is 2.85. The number of thiocarbonyl (C=S) groups is 1. The first-order valence-electron chi connectivity index (χ1n) is 6.42. The Morgan fingerprint density at radius 2 is 2.11 bits per heavy atom. The number of nitrogens with zero attached hydrogens (tertiary/aromatic N) is 1. The van der Waals surface area contributed by atoms with Crippen LogP contribution in [0.4, 0.5) is 0 Å². The number of hydrogen-bond acceptors (Lipinski definition) is 3. The van der Waals surface area contributed by atoms with Gasteiger partial charge in [-0.05, 0) is 44.5 Å². The van der Waals surface area contributed by atoms with Crippen molar-refractivity contribution < 1.29 is 4.74 Å².